The van der Waals surface area contributed by atoms with Gasteiger partial charge < -0.3 is 14.2 Å². The van der Waals surface area contributed by atoms with Crippen molar-refractivity contribution >= 4 is 11.9 Å². The maximum absolute atomic E-state index is 13.5. The summed E-state index contributed by atoms with van der Waals surface area (Å²) in [4.78, 5) is 4.13. The van der Waals surface area contributed by atoms with Crippen molar-refractivity contribution in [3.63, 3.8) is 0 Å². The lowest BCUT2D eigenvalue weighted by Crippen LogP contribution is -1.92. The lowest BCUT2D eigenvalue weighted by Gasteiger charge is -2.06. The highest BCUT2D eigenvalue weighted by molar-refractivity contribution is 5.87. The topological polar surface area (TPSA) is 40.0 Å². The zero-order valence-corrected chi connectivity index (χ0v) is 10.8. The minimum absolute atomic E-state index is 0.187. The molecule has 0 fully saturated rings. The van der Waals surface area contributed by atoms with Crippen LogP contribution in [-0.4, -0.2) is 20.1 Å². The molecule has 0 radical (unpaired) electrons. The molecular weight excluding hydrogens is 261 g/mol. The van der Waals surface area contributed by atoms with E-state index < -0.39 is 0 Å². The Labute approximate surface area is 115 Å². The largest absolute Gasteiger partial charge is 0.496 e. The van der Waals surface area contributed by atoms with Gasteiger partial charge in [-0.1, -0.05) is 12.1 Å². The van der Waals surface area contributed by atoms with Crippen molar-refractivity contribution in [2.24, 2.45) is 4.99 Å². The molecule has 0 aliphatic carbocycles. The summed E-state index contributed by atoms with van der Waals surface area (Å²) in [6.45, 7) is 0.187. The van der Waals surface area contributed by atoms with Crippen LogP contribution in [0.4, 0.5) is 10.1 Å². The SMILES string of the molecule is COc1cc2c(cc1C=Nc1ccccc1F)OCO2. The molecule has 0 unspecified atom stereocenters. The highest BCUT2D eigenvalue weighted by Gasteiger charge is 2.17. The number of rotatable bonds is 3. The first-order valence-electron chi connectivity index (χ1n) is 6.04. The Kier molecular flexibility index (Phi) is 3.25. The van der Waals surface area contributed by atoms with Gasteiger partial charge in [0.25, 0.3) is 0 Å². The molecule has 2 aromatic carbocycles. The summed E-state index contributed by atoms with van der Waals surface area (Å²) in [6.07, 6.45) is 1.54. The smallest absolute Gasteiger partial charge is 0.231 e. The quantitative estimate of drug-likeness (QED) is 0.805. The number of nitrogens with zero attached hydrogens (tertiary/aromatic N) is 1. The molecule has 0 N–H and O–H groups in total. The molecule has 0 amide bonds. The number of ether oxygens (including phenoxy) is 3. The van der Waals surface area contributed by atoms with Gasteiger partial charge >= 0.3 is 0 Å². The van der Waals surface area contributed by atoms with Crippen LogP contribution in [-0.2, 0) is 0 Å². The predicted molar refractivity (Wildman–Crippen MR) is 72.8 cm³/mol. The van der Waals surface area contributed by atoms with Gasteiger partial charge in [0, 0.05) is 17.8 Å². The van der Waals surface area contributed by atoms with Gasteiger partial charge in [0.2, 0.25) is 6.79 Å². The lowest BCUT2D eigenvalue weighted by molar-refractivity contribution is 0.174. The highest BCUT2D eigenvalue weighted by atomic mass is 19.1. The molecule has 2 aromatic rings. The van der Waals surface area contributed by atoms with Crippen molar-refractivity contribution in [1.29, 1.82) is 0 Å². The summed E-state index contributed by atoms with van der Waals surface area (Å²) in [5.41, 5.74) is 0.965. The summed E-state index contributed by atoms with van der Waals surface area (Å²) in [5.74, 6) is 1.48. The van der Waals surface area contributed by atoms with Crippen LogP contribution in [0.5, 0.6) is 17.2 Å². The van der Waals surface area contributed by atoms with E-state index in [1.165, 1.54) is 6.07 Å². The van der Waals surface area contributed by atoms with Crippen LogP contribution in [0, 0.1) is 5.82 Å². The van der Waals surface area contributed by atoms with E-state index in [0.717, 1.165) is 0 Å². The van der Waals surface area contributed by atoms with Gasteiger partial charge in [0.1, 0.15) is 11.6 Å². The number of hydrogen-bond acceptors (Lipinski definition) is 4. The Balaban J connectivity index is 1.96. The molecule has 0 saturated heterocycles. The van der Waals surface area contributed by atoms with E-state index in [2.05, 4.69) is 4.99 Å². The summed E-state index contributed by atoms with van der Waals surface area (Å²) >= 11 is 0. The minimum Gasteiger partial charge on any atom is -0.496 e. The third-order valence-corrected chi connectivity index (χ3v) is 2.92. The van der Waals surface area contributed by atoms with Crippen LogP contribution in [0.1, 0.15) is 5.56 Å². The number of para-hydroxylation sites is 1. The Bertz CT molecular complexity index is 670. The van der Waals surface area contributed by atoms with Crippen LogP contribution in [0.2, 0.25) is 0 Å². The number of halogens is 1. The van der Waals surface area contributed by atoms with E-state index in [1.54, 1.807) is 43.7 Å². The molecule has 0 atom stereocenters. The third kappa shape index (κ3) is 2.30. The average molecular weight is 273 g/mol. The zero-order chi connectivity index (χ0) is 13.9. The minimum atomic E-state index is -0.372. The third-order valence-electron chi connectivity index (χ3n) is 2.92. The molecule has 0 aromatic heterocycles. The summed E-state index contributed by atoms with van der Waals surface area (Å²) in [6, 6.07) is 9.80. The second kappa shape index (κ2) is 5.21. The maximum atomic E-state index is 13.5. The first-order chi connectivity index (χ1) is 9.78. The fraction of sp³-hybridized carbons (Fsp3) is 0.133. The second-order valence-electron chi connectivity index (χ2n) is 4.16. The summed E-state index contributed by atoms with van der Waals surface area (Å²) < 4.78 is 29.3. The molecule has 1 heterocycles. The molecule has 0 saturated carbocycles. The van der Waals surface area contributed by atoms with E-state index >= 15 is 0 Å². The van der Waals surface area contributed by atoms with Gasteiger partial charge in [-0.3, -0.25) is 4.99 Å². The predicted octanol–water partition coefficient (Wildman–Crippen LogP) is 3.31. The van der Waals surface area contributed by atoms with Crippen LogP contribution in [0.15, 0.2) is 41.4 Å². The maximum Gasteiger partial charge on any atom is 0.231 e. The Hall–Kier alpha value is -2.56. The van der Waals surface area contributed by atoms with Gasteiger partial charge in [-0.2, -0.15) is 0 Å². The molecule has 0 spiro atoms. The number of aliphatic imine (C=N–C) groups is 1. The van der Waals surface area contributed by atoms with Crippen molar-refractivity contribution in [1.82, 2.24) is 0 Å². The lowest BCUT2D eigenvalue weighted by atomic mass is 10.2. The molecule has 5 heteroatoms. The van der Waals surface area contributed by atoms with Crippen molar-refractivity contribution in [2.45, 2.75) is 0 Å². The normalized spacial score (nSPS) is 12.9. The summed E-state index contributed by atoms with van der Waals surface area (Å²) in [7, 11) is 1.55. The number of fused-ring (bicyclic) bond motifs is 1. The first-order valence-corrected chi connectivity index (χ1v) is 6.04. The molecule has 0 bridgehead atoms. The number of benzene rings is 2. The molecule has 1 aliphatic rings. The van der Waals surface area contributed by atoms with Gasteiger partial charge in [0.05, 0.1) is 12.8 Å². The van der Waals surface area contributed by atoms with E-state index in [1.807, 2.05) is 0 Å². The Morgan fingerprint density at radius 1 is 1.20 bits per heavy atom. The zero-order valence-electron chi connectivity index (χ0n) is 10.8. The summed E-state index contributed by atoms with van der Waals surface area (Å²) in [5, 5.41) is 0. The van der Waals surface area contributed by atoms with Crippen molar-refractivity contribution in [3.05, 3.63) is 47.8 Å². The average Bonchev–Trinajstić information content (AvgIpc) is 2.92. The molecule has 1 aliphatic heterocycles. The molecule has 20 heavy (non-hydrogen) atoms. The van der Waals surface area contributed by atoms with E-state index in [0.29, 0.717) is 22.8 Å². The van der Waals surface area contributed by atoms with E-state index in [4.69, 9.17) is 14.2 Å². The van der Waals surface area contributed by atoms with E-state index in [9.17, 15) is 4.39 Å². The van der Waals surface area contributed by atoms with E-state index in [-0.39, 0.29) is 18.3 Å². The number of hydrogen-bond donors (Lipinski definition) is 0. The molecule has 4 nitrogen and oxygen atoms in total. The fourth-order valence-corrected chi connectivity index (χ4v) is 1.91. The van der Waals surface area contributed by atoms with Gasteiger partial charge in [-0.05, 0) is 18.2 Å². The first kappa shape index (κ1) is 12.5. The highest BCUT2D eigenvalue weighted by Crippen LogP contribution is 2.37. The van der Waals surface area contributed by atoms with Crippen LogP contribution in [0.3, 0.4) is 0 Å². The van der Waals surface area contributed by atoms with Crippen LogP contribution in [0.25, 0.3) is 0 Å². The fourth-order valence-electron chi connectivity index (χ4n) is 1.91. The number of methoxy groups -OCH3 is 1. The molecular formula is C15H12FNO3. The Morgan fingerprint density at radius 3 is 2.70 bits per heavy atom. The van der Waals surface area contributed by atoms with Gasteiger partial charge in [0.15, 0.2) is 11.5 Å². The van der Waals surface area contributed by atoms with Crippen molar-refractivity contribution in [2.75, 3.05) is 13.9 Å². The van der Waals surface area contributed by atoms with Crippen molar-refractivity contribution < 1.29 is 18.6 Å². The monoisotopic (exact) mass is 273 g/mol. The standard InChI is InChI=1S/C15H12FNO3/c1-18-13-7-15-14(19-9-20-15)6-10(13)8-17-12-5-3-2-4-11(12)16/h2-8H,9H2,1H3. The second-order valence-corrected chi connectivity index (χ2v) is 4.16. The van der Waals surface area contributed by atoms with Crippen LogP contribution < -0.4 is 14.2 Å². The molecule has 102 valence electrons. The van der Waals surface area contributed by atoms with Gasteiger partial charge in [-0.25, -0.2) is 4.39 Å². The molecule has 3 rings (SSSR count). The Morgan fingerprint density at radius 2 is 1.95 bits per heavy atom. The van der Waals surface area contributed by atoms with Gasteiger partial charge in [-0.15, -0.1) is 0 Å². The van der Waals surface area contributed by atoms with Crippen LogP contribution >= 0.6 is 0 Å². The van der Waals surface area contributed by atoms with Crippen molar-refractivity contribution in [3.8, 4) is 17.2 Å².